The van der Waals surface area contributed by atoms with Crippen LogP contribution in [0.25, 0.3) is 0 Å². The first-order valence-electron chi connectivity index (χ1n) is 6.78. The van der Waals surface area contributed by atoms with Crippen LogP contribution in [0, 0.1) is 0 Å². The third-order valence-corrected chi connectivity index (χ3v) is 3.34. The SMILES string of the molecule is CCNCC(C)c1ccc(COC2COC2)cc1. The Hall–Kier alpha value is -0.900. The lowest BCUT2D eigenvalue weighted by Crippen LogP contribution is -2.35. The van der Waals surface area contributed by atoms with Crippen molar-refractivity contribution in [2.75, 3.05) is 26.3 Å². The largest absolute Gasteiger partial charge is 0.376 e. The lowest BCUT2D eigenvalue weighted by atomic mass is 10.00. The Morgan fingerprint density at radius 2 is 2.06 bits per heavy atom. The second-order valence-corrected chi connectivity index (χ2v) is 4.92. The molecule has 0 radical (unpaired) electrons. The van der Waals surface area contributed by atoms with Gasteiger partial charge in [0, 0.05) is 6.54 Å². The van der Waals surface area contributed by atoms with Crippen molar-refractivity contribution in [3.8, 4) is 0 Å². The van der Waals surface area contributed by atoms with Gasteiger partial charge < -0.3 is 14.8 Å². The highest BCUT2D eigenvalue weighted by molar-refractivity contribution is 5.24. The standard InChI is InChI=1S/C15H23NO2/c1-3-16-8-12(2)14-6-4-13(5-7-14)9-18-15-10-17-11-15/h4-7,12,15-16H,3,8-11H2,1-2H3. The van der Waals surface area contributed by atoms with E-state index in [0.717, 1.165) is 26.3 Å². The monoisotopic (exact) mass is 249 g/mol. The Morgan fingerprint density at radius 3 is 2.61 bits per heavy atom. The van der Waals surface area contributed by atoms with E-state index >= 15 is 0 Å². The van der Waals surface area contributed by atoms with Gasteiger partial charge in [-0.05, 0) is 23.6 Å². The topological polar surface area (TPSA) is 30.5 Å². The molecule has 0 spiro atoms. The average Bonchev–Trinajstić information content (AvgIpc) is 2.35. The second kappa shape index (κ2) is 6.88. The number of hydrogen-bond donors (Lipinski definition) is 1. The van der Waals surface area contributed by atoms with Crippen molar-refractivity contribution in [3.63, 3.8) is 0 Å². The maximum atomic E-state index is 5.69. The van der Waals surface area contributed by atoms with Gasteiger partial charge in [0.15, 0.2) is 0 Å². The normalized spacial score (nSPS) is 17.4. The Bertz CT molecular complexity index is 346. The van der Waals surface area contributed by atoms with Crippen LogP contribution >= 0.6 is 0 Å². The summed E-state index contributed by atoms with van der Waals surface area (Å²) in [6.45, 7) is 8.63. The molecule has 1 aromatic rings. The number of likely N-dealkylation sites (N-methyl/N-ethyl adjacent to an activating group) is 1. The van der Waals surface area contributed by atoms with Gasteiger partial charge in [-0.25, -0.2) is 0 Å². The van der Waals surface area contributed by atoms with Crippen LogP contribution in [-0.4, -0.2) is 32.4 Å². The minimum atomic E-state index is 0.303. The first kappa shape index (κ1) is 13.5. The van der Waals surface area contributed by atoms with E-state index in [4.69, 9.17) is 9.47 Å². The molecule has 0 aromatic heterocycles. The summed E-state index contributed by atoms with van der Waals surface area (Å²) in [6, 6.07) is 8.74. The fourth-order valence-corrected chi connectivity index (χ4v) is 1.95. The van der Waals surface area contributed by atoms with Crippen molar-refractivity contribution >= 4 is 0 Å². The molecule has 3 nitrogen and oxygen atoms in total. The van der Waals surface area contributed by atoms with Crippen LogP contribution in [-0.2, 0) is 16.1 Å². The molecule has 0 bridgehead atoms. The lowest BCUT2D eigenvalue weighted by Gasteiger charge is -2.26. The third-order valence-electron chi connectivity index (χ3n) is 3.34. The van der Waals surface area contributed by atoms with E-state index in [2.05, 4.69) is 43.4 Å². The molecule has 1 aliphatic rings. The van der Waals surface area contributed by atoms with Gasteiger partial charge in [0.2, 0.25) is 0 Å². The first-order valence-corrected chi connectivity index (χ1v) is 6.78. The number of nitrogens with one attached hydrogen (secondary N) is 1. The van der Waals surface area contributed by atoms with Gasteiger partial charge in [-0.3, -0.25) is 0 Å². The van der Waals surface area contributed by atoms with Gasteiger partial charge in [0.05, 0.1) is 19.8 Å². The molecule has 1 N–H and O–H groups in total. The molecule has 1 aliphatic heterocycles. The van der Waals surface area contributed by atoms with Crippen LogP contribution in [0.5, 0.6) is 0 Å². The highest BCUT2D eigenvalue weighted by Crippen LogP contribution is 2.16. The van der Waals surface area contributed by atoms with Crippen molar-refractivity contribution in [2.24, 2.45) is 0 Å². The summed E-state index contributed by atoms with van der Waals surface area (Å²) in [4.78, 5) is 0. The number of hydrogen-bond acceptors (Lipinski definition) is 3. The Kier molecular flexibility index (Phi) is 5.17. The van der Waals surface area contributed by atoms with Gasteiger partial charge >= 0.3 is 0 Å². The minimum absolute atomic E-state index is 0.303. The number of ether oxygens (including phenoxy) is 2. The maximum Gasteiger partial charge on any atom is 0.105 e. The summed E-state index contributed by atoms with van der Waals surface area (Å²) < 4.78 is 10.8. The Balaban J connectivity index is 1.80. The predicted molar refractivity (Wildman–Crippen MR) is 72.8 cm³/mol. The molecule has 100 valence electrons. The molecule has 1 unspecified atom stereocenters. The van der Waals surface area contributed by atoms with Crippen LogP contribution in [0.3, 0.4) is 0 Å². The summed E-state index contributed by atoms with van der Waals surface area (Å²) >= 11 is 0. The highest BCUT2D eigenvalue weighted by Gasteiger charge is 2.18. The van der Waals surface area contributed by atoms with Crippen LogP contribution in [0.4, 0.5) is 0 Å². The van der Waals surface area contributed by atoms with Crippen LogP contribution in [0.15, 0.2) is 24.3 Å². The summed E-state index contributed by atoms with van der Waals surface area (Å²) in [7, 11) is 0. The molecule has 0 amide bonds. The van der Waals surface area contributed by atoms with Crippen LogP contribution < -0.4 is 5.32 Å². The minimum Gasteiger partial charge on any atom is -0.376 e. The maximum absolute atomic E-state index is 5.69. The zero-order valence-electron chi connectivity index (χ0n) is 11.3. The molecular weight excluding hydrogens is 226 g/mol. The van der Waals surface area contributed by atoms with Gasteiger partial charge in [-0.15, -0.1) is 0 Å². The molecule has 1 heterocycles. The Morgan fingerprint density at radius 1 is 1.33 bits per heavy atom. The summed E-state index contributed by atoms with van der Waals surface area (Å²) in [5.41, 5.74) is 2.62. The molecule has 18 heavy (non-hydrogen) atoms. The molecule has 1 fully saturated rings. The molecule has 0 aliphatic carbocycles. The van der Waals surface area contributed by atoms with E-state index in [1.54, 1.807) is 0 Å². The van der Waals surface area contributed by atoms with Crippen LogP contribution in [0.1, 0.15) is 30.9 Å². The summed E-state index contributed by atoms with van der Waals surface area (Å²) in [6.07, 6.45) is 0.303. The average molecular weight is 249 g/mol. The molecule has 1 atom stereocenters. The van der Waals surface area contributed by atoms with E-state index < -0.39 is 0 Å². The van der Waals surface area contributed by atoms with Gasteiger partial charge in [-0.1, -0.05) is 38.1 Å². The molecule has 1 aromatic carbocycles. The molecule has 3 heteroatoms. The third kappa shape index (κ3) is 3.80. The second-order valence-electron chi connectivity index (χ2n) is 4.92. The molecular formula is C15H23NO2. The van der Waals surface area contributed by atoms with E-state index in [0.29, 0.717) is 18.6 Å². The molecule has 1 saturated heterocycles. The van der Waals surface area contributed by atoms with Gasteiger partial charge in [-0.2, -0.15) is 0 Å². The van der Waals surface area contributed by atoms with Gasteiger partial charge in [0.25, 0.3) is 0 Å². The van der Waals surface area contributed by atoms with Crippen LogP contribution in [0.2, 0.25) is 0 Å². The highest BCUT2D eigenvalue weighted by atomic mass is 16.6. The smallest absolute Gasteiger partial charge is 0.105 e. The summed E-state index contributed by atoms with van der Waals surface area (Å²) in [5, 5.41) is 3.38. The zero-order valence-corrected chi connectivity index (χ0v) is 11.3. The van der Waals surface area contributed by atoms with E-state index in [9.17, 15) is 0 Å². The number of rotatable bonds is 7. The fourth-order valence-electron chi connectivity index (χ4n) is 1.95. The van der Waals surface area contributed by atoms with Crippen molar-refractivity contribution in [3.05, 3.63) is 35.4 Å². The van der Waals surface area contributed by atoms with Crippen molar-refractivity contribution in [1.82, 2.24) is 5.32 Å². The number of benzene rings is 1. The van der Waals surface area contributed by atoms with Gasteiger partial charge in [0.1, 0.15) is 6.10 Å². The van der Waals surface area contributed by atoms with Crippen molar-refractivity contribution < 1.29 is 9.47 Å². The first-order chi connectivity index (χ1) is 8.79. The van der Waals surface area contributed by atoms with Crippen molar-refractivity contribution in [2.45, 2.75) is 32.5 Å². The van der Waals surface area contributed by atoms with E-state index in [-0.39, 0.29) is 0 Å². The molecule has 2 rings (SSSR count). The fraction of sp³-hybridized carbons (Fsp3) is 0.600. The zero-order chi connectivity index (χ0) is 12.8. The van der Waals surface area contributed by atoms with Crippen molar-refractivity contribution in [1.29, 1.82) is 0 Å². The predicted octanol–water partition coefficient (Wildman–Crippen LogP) is 2.32. The lowest BCUT2D eigenvalue weighted by molar-refractivity contribution is -0.135. The van der Waals surface area contributed by atoms with E-state index in [1.807, 2.05) is 0 Å². The Labute approximate surface area is 109 Å². The quantitative estimate of drug-likeness (QED) is 0.804. The van der Waals surface area contributed by atoms with E-state index in [1.165, 1.54) is 11.1 Å². The molecule has 0 saturated carbocycles. The summed E-state index contributed by atoms with van der Waals surface area (Å²) in [5.74, 6) is 0.556.